The average Bonchev–Trinajstić information content (AvgIpc) is 3.16. The molecule has 0 saturated carbocycles. The summed E-state index contributed by atoms with van der Waals surface area (Å²) >= 11 is 1.66. The van der Waals surface area contributed by atoms with Crippen LogP contribution in [0.1, 0.15) is 42.0 Å². The smallest absolute Gasteiger partial charge is 0.162 e. The van der Waals surface area contributed by atoms with E-state index >= 15 is 0 Å². The third-order valence-corrected chi connectivity index (χ3v) is 6.24. The van der Waals surface area contributed by atoms with Gasteiger partial charge in [-0.1, -0.05) is 18.2 Å². The Bertz CT molecular complexity index is 951. The van der Waals surface area contributed by atoms with E-state index in [-0.39, 0.29) is 23.4 Å². The first-order valence-electron chi connectivity index (χ1n) is 8.58. The van der Waals surface area contributed by atoms with Crippen molar-refractivity contribution in [1.82, 2.24) is 0 Å². The van der Waals surface area contributed by atoms with Crippen molar-refractivity contribution in [3.05, 3.63) is 69.3 Å². The highest BCUT2D eigenvalue weighted by atomic mass is 32.1. The van der Waals surface area contributed by atoms with Crippen molar-refractivity contribution in [1.29, 1.82) is 5.26 Å². The van der Waals surface area contributed by atoms with Gasteiger partial charge in [-0.25, -0.2) is 4.39 Å². The van der Waals surface area contributed by atoms with Crippen LogP contribution in [-0.4, -0.2) is 11.5 Å². The van der Waals surface area contributed by atoms with Gasteiger partial charge in [-0.15, -0.1) is 11.3 Å². The molecule has 5 heteroatoms. The molecule has 2 aromatic rings. The van der Waals surface area contributed by atoms with Crippen LogP contribution in [0.15, 0.2) is 58.0 Å². The number of carbonyl (C=O) groups is 1. The van der Waals surface area contributed by atoms with Crippen LogP contribution in [0.2, 0.25) is 0 Å². The van der Waals surface area contributed by atoms with E-state index in [1.165, 1.54) is 17.0 Å². The van der Waals surface area contributed by atoms with Gasteiger partial charge >= 0.3 is 0 Å². The third-order valence-electron chi connectivity index (χ3n) is 5.20. The number of nitriles is 1. The molecule has 0 N–H and O–H groups in total. The molecule has 130 valence electrons. The van der Waals surface area contributed by atoms with Gasteiger partial charge in [-0.05, 0) is 42.5 Å². The second-order valence-corrected chi connectivity index (χ2v) is 7.77. The number of hydrogen-bond acceptors (Lipinski definition) is 4. The molecule has 0 spiro atoms. The lowest BCUT2D eigenvalue weighted by atomic mass is 9.70. The first-order chi connectivity index (χ1) is 12.6. The maximum Gasteiger partial charge on any atom is 0.162 e. The lowest BCUT2D eigenvalue weighted by molar-refractivity contribution is -0.116. The van der Waals surface area contributed by atoms with Crippen LogP contribution in [0.25, 0.3) is 0 Å². The lowest BCUT2D eigenvalue weighted by Crippen LogP contribution is -2.32. The highest BCUT2D eigenvalue weighted by Gasteiger charge is 2.41. The van der Waals surface area contributed by atoms with Crippen LogP contribution in [0.4, 0.5) is 4.39 Å². The minimum Gasteiger partial charge on any atom is -0.294 e. The summed E-state index contributed by atoms with van der Waals surface area (Å²) in [7, 11) is 0. The quantitative estimate of drug-likeness (QED) is 0.754. The molecule has 3 unspecified atom stereocenters. The van der Waals surface area contributed by atoms with E-state index in [0.717, 1.165) is 17.0 Å². The van der Waals surface area contributed by atoms with Gasteiger partial charge in [-0.3, -0.25) is 9.79 Å². The largest absolute Gasteiger partial charge is 0.294 e. The standard InChI is InChI=1S/C21H17FN2OS/c1-12-16(11-23)20(13-4-6-15(22)7-5-13)21-17(24-12)9-14(10-18(21)25)19-3-2-8-26-19/h2-8,14,16,20H,9-10H2,1H3. The number of carbonyl (C=O) groups excluding carboxylic acids is 1. The molecule has 1 aliphatic carbocycles. The number of Topliss-reactive ketones (excluding diaryl/α,β-unsaturated/α-hetero) is 1. The summed E-state index contributed by atoms with van der Waals surface area (Å²) in [6, 6.07) is 12.5. The van der Waals surface area contributed by atoms with Crippen LogP contribution in [0.3, 0.4) is 0 Å². The highest BCUT2D eigenvalue weighted by molar-refractivity contribution is 7.10. The van der Waals surface area contributed by atoms with Gasteiger partial charge in [0.05, 0.1) is 12.0 Å². The summed E-state index contributed by atoms with van der Waals surface area (Å²) in [5.74, 6) is -1.00. The Labute approximate surface area is 155 Å². The molecule has 0 bridgehead atoms. The maximum absolute atomic E-state index is 13.4. The molecule has 0 amide bonds. The van der Waals surface area contributed by atoms with Crippen molar-refractivity contribution >= 4 is 22.8 Å². The number of nitrogens with zero attached hydrogens (tertiary/aromatic N) is 2. The summed E-state index contributed by atoms with van der Waals surface area (Å²) in [6.45, 7) is 1.84. The second kappa shape index (κ2) is 6.62. The minimum atomic E-state index is -0.499. The van der Waals surface area contributed by atoms with Gasteiger partial charge in [0, 0.05) is 40.1 Å². The molecule has 1 aromatic carbocycles. The van der Waals surface area contributed by atoms with E-state index in [9.17, 15) is 14.4 Å². The van der Waals surface area contributed by atoms with Crippen molar-refractivity contribution < 1.29 is 9.18 Å². The van der Waals surface area contributed by atoms with Crippen molar-refractivity contribution in [2.45, 2.75) is 31.6 Å². The topological polar surface area (TPSA) is 53.2 Å². The molecule has 2 aliphatic rings. The summed E-state index contributed by atoms with van der Waals surface area (Å²) in [5.41, 5.74) is 2.95. The summed E-state index contributed by atoms with van der Waals surface area (Å²) in [5, 5.41) is 11.7. The highest BCUT2D eigenvalue weighted by Crippen LogP contribution is 2.46. The molecule has 2 heterocycles. The van der Waals surface area contributed by atoms with Gasteiger partial charge in [0.15, 0.2) is 5.78 Å². The molecule has 1 aliphatic heterocycles. The molecule has 3 atom stereocenters. The van der Waals surface area contributed by atoms with Crippen molar-refractivity contribution in [3.63, 3.8) is 0 Å². The van der Waals surface area contributed by atoms with E-state index in [1.54, 1.807) is 23.5 Å². The van der Waals surface area contributed by atoms with E-state index in [0.29, 0.717) is 18.4 Å². The van der Waals surface area contributed by atoms with Crippen LogP contribution in [0, 0.1) is 23.1 Å². The van der Waals surface area contributed by atoms with Crippen molar-refractivity contribution in [3.8, 4) is 6.07 Å². The Hall–Kier alpha value is -2.58. The van der Waals surface area contributed by atoms with Crippen LogP contribution >= 0.6 is 11.3 Å². The predicted octanol–water partition coefficient (Wildman–Crippen LogP) is 4.99. The summed E-state index contributed by atoms with van der Waals surface area (Å²) < 4.78 is 13.4. The molecule has 0 fully saturated rings. The summed E-state index contributed by atoms with van der Waals surface area (Å²) in [6.07, 6.45) is 1.14. The Kier molecular flexibility index (Phi) is 4.29. The molecular formula is C21H17FN2OS. The van der Waals surface area contributed by atoms with Crippen LogP contribution in [0.5, 0.6) is 0 Å². The molecule has 0 saturated heterocycles. The molecular weight excluding hydrogens is 347 g/mol. The van der Waals surface area contributed by atoms with Crippen LogP contribution in [-0.2, 0) is 4.79 Å². The average molecular weight is 364 g/mol. The number of rotatable bonds is 2. The maximum atomic E-state index is 13.4. The fraction of sp³-hybridized carbons (Fsp3) is 0.286. The molecule has 0 radical (unpaired) electrons. The first-order valence-corrected chi connectivity index (χ1v) is 9.46. The van der Waals surface area contributed by atoms with Crippen molar-refractivity contribution in [2.75, 3.05) is 0 Å². The first kappa shape index (κ1) is 16.9. The molecule has 3 nitrogen and oxygen atoms in total. The summed E-state index contributed by atoms with van der Waals surface area (Å²) in [4.78, 5) is 18.9. The number of hydrogen-bond donors (Lipinski definition) is 0. The van der Waals surface area contributed by atoms with Gasteiger partial charge < -0.3 is 0 Å². The molecule has 1 aromatic heterocycles. The van der Waals surface area contributed by atoms with Crippen LogP contribution < -0.4 is 0 Å². The van der Waals surface area contributed by atoms with Gasteiger partial charge in [0.2, 0.25) is 0 Å². The number of thiophene rings is 1. The monoisotopic (exact) mass is 364 g/mol. The minimum absolute atomic E-state index is 0.0514. The Balaban J connectivity index is 1.80. The number of ketones is 1. The Morgan fingerprint density at radius 3 is 2.65 bits per heavy atom. The van der Waals surface area contributed by atoms with Gasteiger partial charge in [0.1, 0.15) is 5.82 Å². The number of halogens is 1. The SMILES string of the molecule is CC1=NC2=C(C(=O)CC(c3cccs3)C2)C(c2ccc(F)cc2)C1C#N. The number of aliphatic imine (C=N–C) groups is 1. The zero-order chi connectivity index (χ0) is 18.3. The lowest BCUT2D eigenvalue weighted by Gasteiger charge is -2.34. The molecule has 4 rings (SSSR count). The van der Waals surface area contributed by atoms with Gasteiger partial charge in [-0.2, -0.15) is 5.26 Å². The second-order valence-electron chi connectivity index (χ2n) is 6.79. The zero-order valence-electron chi connectivity index (χ0n) is 14.3. The Morgan fingerprint density at radius 1 is 1.23 bits per heavy atom. The van der Waals surface area contributed by atoms with E-state index in [4.69, 9.17) is 0 Å². The fourth-order valence-electron chi connectivity index (χ4n) is 3.98. The Morgan fingerprint density at radius 2 is 2.00 bits per heavy atom. The number of benzene rings is 1. The van der Waals surface area contributed by atoms with E-state index in [1.807, 2.05) is 18.4 Å². The molecule has 26 heavy (non-hydrogen) atoms. The van der Waals surface area contributed by atoms with Gasteiger partial charge in [0.25, 0.3) is 0 Å². The number of allylic oxidation sites excluding steroid dienone is 2. The normalized spacial score (nSPS) is 25.5. The van der Waals surface area contributed by atoms with Crippen molar-refractivity contribution in [2.24, 2.45) is 10.9 Å². The van der Waals surface area contributed by atoms with E-state index in [2.05, 4.69) is 17.1 Å². The third kappa shape index (κ3) is 2.81. The predicted molar refractivity (Wildman–Crippen MR) is 99.7 cm³/mol. The van der Waals surface area contributed by atoms with E-state index < -0.39 is 5.92 Å². The zero-order valence-corrected chi connectivity index (χ0v) is 15.1. The fourth-order valence-corrected chi connectivity index (χ4v) is 4.81.